The Hall–Kier alpha value is -2.46. The summed E-state index contributed by atoms with van der Waals surface area (Å²) in [6.07, 6.45) is 0. The van der Waals surface area contributed by atoms with Crippen LogP contribution in [0.4, 0.5) is 11.4 Å². The Kier molecular flexibility index (Phi) is 6.63. The molecule has 1 aromatic carbocycles. The maximum Gasteiger partial charge on any atom is 0.262 e. The van der Waals surface area contributed by atoms with Crippen molar-refractivity contribution in [3.05, 3.63) is 45.6 Å². The van der Waals surface area contributed by atoms with Gasteiger partial charge in [-0.2, -0.15) is 0 Å². The number of carbonyl (C=O) groups is 3. The van der Waals surface area contributed by atoms with Gasteiger partial charge in [-0.3, -0.25) is 14.4 Å². The van der Waals surface area contributed by atoms with Crippen molar-refractivity contribution in [2.45, 2.75) is 6.04 Å². The Balaban J connectivity index is 1.60. The van der Waals surface area contributed by atoms with Gasteiger partial charge in [0, 0.05) is 24.5 Å². The summed E-state index contributed by atoms with van der Waals surface area (Å²) in [5, 5.41) is 5.31. The largest absolute Gasteiger partial charge is 0.370 e. The lowest BCUT2D eigenvalue weighted by molar-refractivity contribution is -0.125. The summed E-state index contributed by atoms with van der Waals surface area (Å²) in [4.78, 5) is 38.5. The van der Waals surface area contributed by atoms with Crippen molar-refractivity contribution in [1.29, 1.82) is 0 Å². The monoisotopic (exact) mass is 422 g/mol. The van der Waals surface area contributed by atoms with E-state index < -0.39 is 17.9 Å². The molecule has 3 rings (SSSR count). The van der Waals surface area contributed by atoms with Crippen LogP contribution in [0.2, 0.25) is 4.34 Å². The summed E-state index contributed by atoms with van der Waals surface area (Å²) in [7, 11) is 0. The lowest BCUT2D eigenvalue weighted by Gasteiger charge is -2.27. The Morgan fingerprint density at radius 1 is 1.25 bits per heavy atom. The molecule has 4 N–H and O–H groups in total. The maximum absolute atomic E-state index is 12.4. The summed E-state index contributed by atoms with van der Waals surface area (Å²) >= 11 is 6.94. The molecular weight excluding hydrogens is 404 g/mol. The third kappa shape index (κ3) is 4.87. The van der Waals surface area contributed by atoms with Crippen molar-refractivity contribution < 1.29 is 19.1 Å². The van der Waals surface area contributed by atoms with Gasteiger partial charge in [0.2, 0.25) is 5.91 Å². The van der Waals surface area contributed by atoms with Crippen molar-refractivity contribution >= 4 is 52.0 Å². The minimum atomic E-state index is -0.895. The second kappa shape index (κ2) is 9.16. The third-order valence-electron chi connectivity index (χ3n) is 4.09. The van der Waals surface area contributed by atoms with Gasteiger partial charge in [-0.05, 0) is 36.4 Å². The minimum Gasteiger partial charge on any atom is -0.370 e. The first-order chi connectivity index (χ1) is 13.5. The molecule has 1 aromatic heterocycles. The predicted molar refractivity (Wildman–Crippen MR) is 108 cm³/mol. The molecule has 3 amide bonds. The average Bonchev–Trinajstić information content (AvgIpc) is 3.13. The number of nitrogens with one attached hydrogen (secondary N) is 2. The number of thiophene rings is 1. The highest BCUT2D eigenvalue weighted by molar-refractivity contribution is 7.18. The van der Waals surface area contributed by atoms with Gasteiger partial charge >= 0.3 is 0 Å². The molecule has 0 aliphatic carbocycles. The van der Waals surface area contributed by atoms with Gasteiger partial charge in [0.05, 0.1) is 15.8 Å². The van der Waals surface area contributed by atoms with Crippen molar-refractivity contribution in [2.75, 3.05) is 36.5 Å². The molecule has 0 bridgehead atoms. The van der Waals surface area contributed by atoms with Crippen LogP contribution in [0, 0.1) is 0 Å². The van der Waals surface area contributed by atoms with E-state index in [-0.39, 0.29) is 19.1 Å². The number of hydrogen-bond acceptors (Lipinski definition) is 6. The Bertz CT molecular complexity index is 871. The van der Waals surface area contributed by atoms with E-state index in [1.165, 1.54) is 0 Å². The number of carbonyl (C=O) groups excluding carboxylic acids is 3. The van der Waals surface area contributed by atoms with E-state index in [0.29, 0.717) is 28.1 Å². The van der Waals surface area contributed by atoms with Crippen LogP contribution < -0.4 is 21.3 Å². The Morgan fingerprint density at radius 3 is 2.61 bits per heavy atom. The number of benzene rings is 1. The molecule has 2 heterocycles. The molecule has 1 fully saturated rings. The molecule has 1 aliphatic heterocycles. The quantitative estimate of drug-likeness (QED) is 0.652. The lowest BCUT2D eigenvalue weighted by atomic mass is 10.2. The number of rotatable bonds is 6. The fourth-order valence-electron chi connectivity index (χ4n) is 2.64. The number of ether oxygens (including phenoxy) is 1. The van der Waals surface area contributed by atoms with Crippen molar-refractivity contribution in [1.82, 2.24) is 5.32 Å². The minimum absolute atomic E-state index is 0.0585. The van der Waals surface area contributed by atoms with Crippen LogP contribution in [-0.4, -0.2) is 50.1 Å². The van der Waals surface area contributed by atoms with Crippen molar-refractivity contribution in [2.24, 2.45) is 5.73 Å². The van der Waals surface area contributed by atoms with Gasteiger partial charge in [0.15, 0.2) is 0 Å². The summed E-state index contributed by atoms with van der Waals surface area (Å²) in [5.41, 5.74) is 6.90. The fraction of sp³-hybridized carbons (Fsp3) is 0.278. The molecule has 2 aromatic rings. The first kappa shape index (κ1) is 20.3. The summed E-state index contributed by atoms with van der Waals surface area (Å²) < 4.78 is 5.60. The van der Waals surface area contributed by atoms with Gasteiger partial charge in [0.25, 0.3) is 11.8 Å². The van der Waals surface area contributed by atoms with E-state index in [0.717, 1.165) is 17.0 Å². The topological polar surface area (TPSA) is 114 Å². The molecule has 148 valence electrons. The van der Waals surface area contributed by atoms with Crippen LogP contribution in [0.25, 0.3) is 0 Å². The number of nitrogens with zero attached hydrogens (tertiary/aromatic N) is 1. The number of amides is 3. The Labute approximate surface area is 170 Å². The number of nitrogens with two attached hydrogens (primary N) is 1. The smallest absolute Gasteiger partial charge is 0.262 e. The standard InChI is InChI=1S/C18H19ClN4O4S/c19-15-6-5-14(28-15)18(26)22-13(9-20)17(25)21-11-1-3-12(4-2-11)23-7-8-27-10-16(23)24/h1-6,13H,7-10,20H2,(H,21,25)(H,22,26). The van der Waals surface area contributed by atoms with E-state index >= 15 is 0 Å². The lowest BCUT2D eigenvalue weighted by Crippen LogP contribution is -2.48. The molecule has 8 nitrogen and oxygen atoms in total. The third-order valence-corrected chi connectivity index (χ3v) is 5.32. The summed E-state index contributed by atoms with van der Waals surface area (Å²) in [6, 6.07) is 9.15. The highest BCUT2D eigenvalue weighted by Crippen LogP contribution is 2.22. The van der Waals surface area contributed by atoms with Gasteiger partial charge in [-0.1, -0.05) is 11.6 Å². The molecule has 0 spiro atoms. The molecule has 1 unspecified atom stereocenters. The van der Waals surface area contributed by atoms with Gasteiger partial charge in [0.1, 0.15) is 12.6 Å². The van der Waals surface area contributed by atoms with E-state index in [1.807, 2.05) is 0 Å². The van der Waals surface area contributed by atoms with Crippen LogP contribution in [0.1, 0.15) is 9.67 Å². The summed E-state index contributed by atoms with van der Waals surface area (Å²) in [6.45, 7) is 0.971. The molecule has 1 saturated heterocycles. The highest BCUT2D eigenvalue weighted by Gasteiger charge is 2.22. The van der Waals surface area contributed by atoms with E-state index in [4.69, 9.17) is 22.1 Å². The van der Waals surface area contributed by atoms with Gasteiger partial charge in [-0.15, -0.1) is 11.3 Å². The maximum atomic E-state index is 12.4. The first-order valence-electron chi connectivity index (χ1n) is 8.53. The SMILES string of the molecule is NCC(NC(=O)c1ccc(Cl)s1)C(=O)Nc1ccc(N2CCOCC2=O)cc1. The zero-order chi connectivity index (χ0) is 20.1. The van der Waals surface area contributed by atoms with Crippen LogP contribution >= 0.6 is 22.9 Å². The van der Waals surface area contributed by atoms with Crippen LogP contribution in [0.15, 0.2) is 36.4 Å². The van der Waals surface area contributed by atoms with Crippen LogP contribution in [0.3, 0.4) is 0 Å². The molecule has 28 heavy (non-hydrogen) atoms. The summed E-state index contributed by atoms with van der Waals surface area (Å²) in [5.74, 6) is -0.958. The average molecular weight is 423 g/mol. The van der Waals surface area contributed by atoms with E-state index in [1.54, 1.807) is 41.3 Å². The second-order valence-electron chi connectivity index (χ2n) is 6.00. The zero-order valence-corrected chi connectivity index (χ0v) is 16.4. The van der Waals surface area contributed by atoms with Crippen molar-refractivity contribution in [3.8, 4) is 0 Å². The fourth-order valence-corrected chi connectivity index (χ4v) is 3.59. The van der Waals surface area contributed by atoms with Crippen LogP contribution in [-0.2, 0) is 14.3 Å². The second-order valence-corrected chi connectivity index (χ2v) is 7.71. The first-order valence-corrected chi connectivity index (χ1v) is 9.72. The number of morpholine rings is 1. The zero-order valence-electron chi connectivity index (χ0n) is 14.8. The highest BCUT2D eigenvalue weighted by atomic mass is 35.5. The predicted octanol–water partition coefficient (Wildman–Crippen LogP) is 1.46. The molecule has 1 aliphatic rings. The number of anilines is 2. The molecule has 10 heteroatoms. The van der Waals surface area contributed by atoms with E-state index in [9.17, 15) is 14.4 Å². The molecular formula is C18H19ClN4O4S. The Morgan fingerprint density at radius 2 is 2.00 bits per heavy atom. The van der Waals surface area contributed by atoms with Crippen molar-refractivity contribution in [3.63, 3.8) is 0 Å². The van der Waals surface area contributed by atoms with Gasteiger partial charge in [-0.25, -0.2) is 0 Å². The number of hydrogen-bond donors (Lipinski definition) is 3. The normalized spacial score (nSPS) is 15.2. The van der Waals surface area contributed by atoms with Gasteiger partial charge < -0.3 is 26.0 Å². The van der Waals surface area contributed by atoms with E-state index in [2.05, 4.69) is 10.6 Å². The molecule has 1 atom stereocenters. The number of halogens is 1. The molecule has 0 radical (unpaired) electrons. The van der Waals surface area contributed by atoms with Crippen LogP contribution in [0.5, 0.6) is 0 Å². The molecule has 0 saturated carbocycles.